The Morgan fingerprint density at radius 3 is 2.66 bits per heavy atom. The van der Waals surface area contributed by atoms with Gasteiger partial charge in [0.15, 0.2) is 11.6 Å². The Kier molecular flexibility index (Phi) is 5.99. The number of likely N-dealkylation sites (tertiary alicyclic amines) is 1. The molecule has 0 radical (unpaired) electrons. The van der Waals surface area contributed by atoms with Crippen molar-refractivity contribution in [3.05, 3.63) is 75.5 Å². The number of aromatic nitrogens is 2. The molecule has 0 bridgehead atoms. The number of benzene rings is 1. The van der Waals surface area contributed by atoms with E-state index in [0.717, 1.165) is 19.3 Å². The van der Waals surface area contributed by atoms with Crippen molar-refractivity contribution in [1.29, 1.82) is 5.26 Å². The Balaban J connectivity index is 1.88. The summed E-state index contributed by atoms with van der Waals surface area (Å²) < 4.78 is 21.2. The second-order valence-corrected chi connectivity index (χ2v) is 7.58. The van der Waals surface area contributed by atoms with Crippen LogP contribution in [0.4, 0.5) is 4.39 Å². The summed E-state index contributed by atoms with van der Waals surface area (Å²) in [5.74, 6) is -1.36. The average molecular weight is 432 g/mol. The minimum atomic E-state index is -0.626. The zero-order valence-corrected chi connectivity index (χ0v) is 17.5. The van der Waals surface area contributed by atoms with Crippen LogP contribution in [-0.2, 0) is 4.79 Å². The topological polar surface area (TPSA) is 87.7 Å². The highest BCUT2D eigenvalue weighted by Gasteiger charge is 2.23. The lowest BCUT2D eigenvalue weighted by molar-refractivity contribution is -0.127. The summed E-state index contributed by atoms with van der Waals surface area (Å²) >= 11 is 0. The summed E-state index contributed by atoms with van der Waals surface area (Å²) in [6.07, 6.45) is 5.50. The number of nitriles is 1. The largest absolute Gasteiger partial charge is 0.435 e. The number of para-hydroxylation sites is 1. The molecule has 1 aliphatic heterocycles. The molecule has 2 aromatic heterocycles. The first kappa shape index (κ1) is 21.2. The predicted molar refractivity (Wildman–Crippen MR) is 117 cm³/mol. The molecular formula is C24H21FN4O3. The number of pyridine rings is 1. The van der Waals surface area contributed by atoms with E-state index in [9.17, 15) is 19.2 Å². The van der Waals surface area contributed by atoms with Crippen LogP contribution in [0, 0.1) is 24.1 Å². The van der Waals surface area contributed by atoms with Crippen LogP contribution in [0.3, 0.4) is 0 Å². The number of fused-ring (bicyclic) bond motifs is 1. The highest BCUT2D eigenvalue weighted by molar-refractivity contribution is 6.02. The van der Waals surface area contributed by atoms with E-state index in [4.69, 9.17) is 4.74 Å². The Morgan fingerprint density at radius 2 is 1.94 bits per heavy atom. The lowest BCUT2D eigenvalue weighted by atomic mass is 10.1. The molecule has 1 saturated heterocycles. The number of piperidine rings is 1. The van der Waals surface area contributed by atoms with Crippen LogP contribution < -0.4 is 10.3 Å². The third-order valence-corrected chi connectivity index (χ3v) is 5.38. The van der Waals surface area contributed by atoms with Gasteiger partial charge >= 0.3 is 0 Å². The van der Waals surface area contributed by atoms with Crippen molar-refractivity contribution in [3.63, 3.8) is 0 Å². The van der Waals surface area contributed by atoms with Crippen LogP contribution >= 0.6 is 0 Å². The molecule has 0 saturated carbocycles. The maximum atomic E-state index is 14.2. The first-order valence-electron chi connectivity index (χ1n) is 10.3. The van der Waals surface area contributed by atoms with E-state index in [1.54, 1.807) is 36.2 Å². The first-order valence-corrected chi connectivity index (χ1v) is 10.3. The average Bonchev–Trinajstić information content (AvgIpc) is 2.81. The maximum absolute atomic E-state index is 14.2. The number of carbonyl (C=O) groups is 1. The summed E-state index contributed by atoms with van der Waals surface area (Å²) in [5.41, 5.74) is 0.226. The van der Waals surface area contributed by atoms with Crippen molar-refractivity contribution in [3.8, 4) is 17.7 Å². The first-order chi connectivity index (χ1) is 15.5. The van der Waals surface area contributed by atoms with Gasteiger partial charge in [-0.05, 0) is 56.0 Å². The van der Waals surface area contributed by atoms with E-state index in [2.05, 4.69) is 4.98 Å². The molecular weight excluding hydrogens is 411 g/mol. The number of halogens is 1. The van der Waals surface area contributed by atoms with Gasteiger partial charge in [-0.3, -0.25) is 14.0 Å². The van der Waals surface area contributed by atoms with Gasteiger partial charge < -0.3 is 9.64 Å². The molecule has 7 nitrogen and oxygen atoms in total. The number of rotatable bonds is 4. The SMILES string of the molecule is Cc1cccn2c(=O)c(/C=C(\C#N)C(=O)N3CCCCC3)c(Oc3ccccc3F)nc12. The van der Waals surface area contributed by atoms with Gasteiger partial charge in [-0.1, -0.05) is 18.2 Å². The molecule has 0 unspecified atom stereocenters. The molecule has 0 atom stereocenters. The number of hydrogen-bond donors (Lipinski definition) is 0. The molecule has 0 spiro atoms. The minimum absolute atomic E-state index is 0.0988. The zero-order chi connectivity index (χ0) is 22.7. The van der Waals surface area contributed by atoms with Gasteiger partial charge in [-0.2, -0.15) is 10.2 Å². The van der Waals surface area contributed by atoms with Gasteiger partial charge in [0.1, 0.15) is 22.9 Å². The van der Waals surface area contributed by atoms with Crippen LogP contribution in [0.15, 0.2) is 53.0 Å². The molecule has 1 aromatic carbocycles. The van der Waals surface area contributed by atoms with E-state index in [1.165, 1.54) is 28.7 Å². The number of hydrogen-bond acceptors (Lipinski definition) is 5. The molecule has 3 aromatic rings. The second kappa shape index (κ2) is 9.02. The van der Waals surface area contributed by atoms with Gasteiger partial charge in [0, 0.05) is 19.3 Å². The molecule has 4 rings (SSSR count). The Morgan fingerprint density at radius 1 is 1.19 bits per heavy atom. The fourth-order valence-corrected chi connectivity index (χ4v) is 3.68. The maximum Gasteiger partial charge on any atom is 0.269 e. The van der Waals surface area contributed by atoms with Crippen molar-refractivity contribution in [1.82, 2.24) is 14.3 Å². The van der Waals surface area contributed by atoms with Gasteiger partial charge in [-0.25, -0.2) is 4.39 Å². The summed E-state index contributed by atoms with van der Waals surface area (Å²) in [5, 5.41) is 9.67. The number of nitrogens with zero attached hydrogens (tertiary/aromatic N) is 4. The Bertz CT molecular complexity index is 1320. The highest BCUT2D eigenvalue weighted by atomic mass is 19.1. The van der Waals surface area contributed by atoms with Crippen molar-refractivity contribution in [2.45, 2.75) is 26.2 Å². The third kappa shape index (κ3) is 4.10. The summed E-state index contributed by atoms with van der Waals surface area (Å²) in [6, 6.07) is 11.1. The third-order valence-electron chi connectivity index (χ3n) is 5.38. The second-order valence-electron chi connectivity index (χ2n) is 7.58. The standard InChI is InChI=1S/C24H21FN4O3/c1-16-8-7-13-29-21(16)27-22(32-20-10-4-3-9-19(20)25)18(24(29)31)14-17(15-26)23(30)28-11-5-2-6-12-28/h3-4,7-10,13-14H,2,5-6,11-12H2,1H3/b17-14+. The molecule has 162 valence electrons. The van der Waals surface area contributed by atoms with Crippen LogP contribution in [-0.4, -0.2) is 33.3 Å². The van der Waals surface area contributed by atoms with Crippen molar-refractivity contribution in [2.75, 3.05) is 13.1 Å². The number of amides is 1. The van der Waals surface area contributed by atoms with E-state index in [-0.39, 0.29) is 22.8 Å². The zero-order valence-electron chi connectivity index (χ0n) is 17.5. The number of ether oxygens (including phenoxy) is 1. The number of aryl methyl sites for hydroxylation is 1. The normalized spacial score (nSPS) is 14.3. The lowest BCUT2D eigenvalue weighted by Crippen LogP contribution is -2.36. The Labute approximate surface area is 184 Å². The molecule has 32 heavy (non-hydrogen) atoms. The summed E-state index contributed by atoms with van der Waals surface area (Å²) in [7, 11) is 0. The molecule has 8 heteroatoms. The van der Waals surface area contributed by atoms with Crippen LogP contribution in [0.2, 0.25) is 0 Å². The van der Waals surface area contributed by atoms with Crippen molar-refractivity contribution < 1.29 is 13.9 Å². The van der Waals surface area contributed by atoms with E-state index < -0.39 is 17.3 Å². The fourth-order valence-electron chi connectivity index (χ4n) is 3.68. The molecule has 0 N–H and O–H groups in total. The van der Waals surface area contributed by atoms with Gasteiger partial charge in [0.05, 0.1) is 0 Å². The van der Waals surface area contributed by atoms with Gasteiger partial charge in [0.25, 0.3) is 11.5 Å². The minimum Gasteiger partial charge on any atom is -0.435 e. The highest BCUT2D eigenvalue weighted by Crippen LogP contribution is 2.27. The Hall–Kier alpha value is -3.99. The number of carbonyl (C=O) groups excluding carboxylic acids is 1. The molecule has 1 amide bonds. The quantitative estimate of drug-likeness (QED) is 0.462. The smallest absolute Gasteiger partial charge is 0.269 e. The van der Waals surface area contributed by atoms with Gasteiger partial charge in [0.2, 0.25) is 5.88 Å². The van der Waals surface area contributed by atoms with Crippen LogP contribution in [0.5, 0.6) is 11.6 Å². The summed E-state index contributed by atoms with van der Waals surface area (Å²) in [6.45, 7) is 2.90. The van der Waals surface area contributed by atoms with E-state index >= 15 is 0 Å². The van der Waals surface area contributed by atoms with Crippen LogP contribution in [0.25, 0.3) is 11.7 Å². The summed E-state index contributed by atoms with van der Waals surface area (Å²) in [4.78, 5) is 32.2. The lowest BCUT2D eigenvalue weighted by Gasteiger charge is -2.26. The fraction of sp³-hybridized carbons (Fsp3) is 0.250. The van der Waals surface area contributed by atoms with Crippen molar-refractivity contribution in [2.24, 2.45) is 0 Å². The molecule has 1 fully saturated rings. The molecule has 1 aliphatic rings. The van der Waals surface area contributed by atoms with Crippen molar-refractivity contribution >= 4 is 17.6 Å². The van der Waals surface area contributed by atoms with E-state index in [0.29, 0.717) is 24.3 Å². The van der Waals surface area contributed by atoms with Gasteiger partial charge in [-0.15, -0.1) is 0 Å². The van der Waals surface area contributed by atoms with E-state index in [1.807, 2.05) is 6.07 Å². The van der Waals surface area contributed by atoms with Crippen LogP contribution in [0.1, 0.15) is 30.4 Å². The molecule has 3 heterocycles. The molecule has 0 aliphatic carbocycles. The monoisotopic (exact) mass is 432 g/mol. The predicted octanol–water partition coefficient (Wildman–Crippen LogP) is 3.85.